The molecule has 0 unspecified atom stereocenters. The SMILES string of the molecule is COc1ccccc1COC(=O)N1CCC(N)CC1. The monoisotopic (exact) mass is 264 g/mol. The van der Waals surface area contributed by atoms with Crippen LogP contribution in [0.1, 0.15) is 18.4 Å². The Morgan fingerprint density at radius 2 is 2.05 bits per heavy atom. The van der Waals surface area contributed by atoms with Gasteiger partial charge in [-0.1, -0.05) is 18.2 Å². The fourth-order valence-electron chi connectivity index (χ4n) is 2.14. The molecule has 19 heavy (non-hydrogen) atoms. The first-order valence-corrected chi connectivity index (χ1v) is 6.50. The predicted octanol–water partition coefficient (Wildman–Crippen LogP) is 1.75. The molecule has 0 atom stereocenters. The zero-order chi connectivity index (χ0) is 13.7. The Morgan fingerprint density at radius 1 is 1.37 bits per heavy atom. The first-order chi connectivity index (χ1) is 9.20. The van der Waals surface area contributed by atoms with Crippen LogP contribution in [0.15, 0.2) is 24.3 Å². The van der Waals surface area contributed by atoms with E-state index in [9.17, 15) is 4.79 Å². The van der Waals surface area contributed by atoms with Gasteiger partial charge in [0.15, 0.2) is 0 Å². The van der Waals surface area contributed by atoms with Crippen LogP contribution in [0, 0.1) is 0 Å². The van der Waals surface area contributed by atoms with Crippen LogP contribution in [-0.2, 0) is 11.3 Å². The highest BCUT2D eigenvalue weighted by atomic mass is 16.6. The molecule has 0 aromatic heterocycles. The van der Waals surface area contributed by atoms with E-state index in [1.807, 2.05) is 24.3 Å². The average molecular weight is 264 g/mol. The van der Waals surface area contributed by atoms with E-state index < -0.39 is 0 Å². The van der Waals surface area contributed by atoms with Crippen molar-refractivity contribution in [3.8, 4) is 5.75 Å². The molecular weight excluding hydrogens is 244 g/mol. The Bertz CT molecular complexity index is 428. The fourth-order valence-corrected chi connectivity index (χ4v) is 2.14. The van der Waals surface area contributed by atoms with Crippen LogP contribution in [-0.4, -0.2) is 37.2 Å². The third kappa shape index (κ3) is 3.61. The van der Waals surface area contributed by atoms with Gasteiger partial charge in [0.25, 0.3) is 0 Å². The van der Waals surface area contributed by atoms with Crippen LogP contribution in [0.3, 0.4) is 0 Å². The Kier molecular flexibility index (Phi) is 4.63. The summed E-state index contributed by atoms with van der Waals surface area (Å²) in [6, 6.07) is 7.72. The van der Waals surface area contributed by atoms with Gasteiger partial charge in [0.05, 0.1) is 7.11 Å². The van der Waals surface area contributed by atoms with Crippen molar-refractivity contribution in [2.24, 2.45) is 5.73 Å². The lowest BCUT2D eigenvalue weighted by Gasteiger charge is -2.29. The van der Waals surface area contributed by atoms with Crippen molar-refractivity contribution < 1.29 is 14.3 Å². The van der Waals surface area contributed by atoms with Crippen molar-refractivity contribution in [2.45, 2.75) is 25.5 Å². The Balaban J connectivity index is 1.86. The molecule has 1 aromatic rings. The largest absolute Gasteiger partial charge is 0.496 e. The molecule has 2 N–H and O–H groups in total. The Labute approximate surface area is 113 Å². The Hall–Kier alpha value is -1.75. The van der Waals surface area contributed by atoms with Gasteiger partial charge >= 0.3 is 6.09 Å². The summed E-state index contributed by atoms with van der Waals surface area (Å²) in [6.07, 6.45) is 1.39. The highest BCUT2D eigenvalue weighted by Gasteiger charge is 2.21. The number of carbonyl (C=O) groups excluding carboxylic acids is 1. The first-order valence-electron chi connectivity index (χ1n) is 6.50. The minimum Gasteiger partial charge on any atom is -0.496 e. The zero-order valence-corrected chi connectivity index (χ0v) is 11.2. The summed E-state index contributed by atoms with van der Waals surface area (Å²) in [6.45, 7) is 1.57. The second-order valence-corrected chi connectivity index (χ2v) is 4.69. The summed E-state index contributed by atoms with van der Waals surface area (Å²) in [7, 11) is 1.60. The molecule has 0 bridgehead atoms. The number of likely N-dealkylation sites (tertiary alicyclic amines) is 1. The van der Waals surface area contributed by atoms with Gasteiger partial charge in [0.2, 0.25) is 0 Å². The number of hydrogen-bond donors (Lipinski definition) is 1. The summed E-state index contributed by atoms with van der Waals surface area (Å²) in [5.41, 5.74) is 6.67. The molecule has 104 valence electrons. The van der Waals surface area contributed by atoms with Gasteiger partial charge in [-0.2, -0.15) is 0 Å². The minimum absolute atomic E-state index is 0.207. The Morgan fingerprint density at radius 3 is 2.74 bits per heavy atom. The quantitative estimate of drug-likeness (QED) is 0.903. The smallest absolute Gasteiger partial charge is 0.410 e. The molecule has 2 rings (SSSR count). The van der Waals surface area contributed by atoms with E-state index in [0.29, 0.717) is 13.1 Å². The van der Waals surface area contributed by atoms with Crippen LogP contribution < -0.4 is 10.5 Å². The van der Waals surface area contributed by atoms with Crippen LogP contribution in [0.2, 0.25) is 0 Å². The topological polar surface area (TPSA) is 64.8 Å². The van der Waals surface area contributed by atoms with Gasteiger partial charge in [-0.25, -0.2) is 4.79 Å². The number of amides is 1. The lowest BCUT2D eigenvalue weighted by Crippen LogP contribution is -2.43. The molecule has 1 aromatic carbocycles. The highest BCUT2D eigenvalue weighted by Crippen LogP contribution is 2.19. The van der Waals surface area contributed by atoms with Gasteiger partial charge < -0.3 is 20.1 Å². The third-order valence-electron chi connectivity index (χ3n) is 3.34. The molecule has 1 aliphatic rings. The van der Waals surface area contributed by atoms with E-state index in [-0.39, 0.29) is 18.7 Å². The number of carbonyl (C=O) groups is 1. The third-order valence-corrected chi connectivity index (χ3v) is 3.34. The normalized spacial score (nSPS) is 16.2. The predicted molar refractivity (Wildman–Crippen MR) is 72.0 cm³/mol. The van der Waals surface area contributed by atoms with Crippen molar-refractivity contribution in [1.82, 2.24) is 4.90 Å². The van der Waals surface area contributed by atoms with E-state index in [0.717, 1.165) is 24.2 Å². The van der Waals surface area contributed by atoms with Gasteiger partial charge in [0.1, 0.15) is 12.4 Å². The molecule has 1 heterocycles. The molecular formula is C14H20N2O3. The number of benzene rings is 1. The molecule has 0 aliphatic carbocycles. The van der Waals surface area contributed by atoms with Crippen molar-refractivity contribution in [3.63, 3.8) is 0 Å². The van der Waals surface area contributed by atoms with Crippen LogP contribution in [0.25, 0.3) is 0 Å². The average Bonchev–Trinajstić information content (AvgIpc) is 2.45. The molecule has 5 heteroatoms. The number of para-hydroxylation sites is 1. The number of hydrogen-bond acceptors (Lipinski definition) is 4. The molecule has 1 fully saturated rings. The number of piperidine rings is 1. The van der Waals surface area contributed by atoms with E-state index in [1.165, 1.54) is 0 Å². The molecule has 1 saturated heterocycles. The second kappa shape index (κ2) is 6.43. The lowest BCUT2D eigenvalue weighted by atomic mass is 10.1. The highest BCUT2D eigenvalue weighted by molar-refractivity contribution is 5.67. The standard InChI is InChI=1S/C14H20N2O3/c1-18-13-5-3-2-4-11(13)10-19-14(17)16-8-6-12(15)7-9-16/h2-5,12H,6-10,15H2,1H3. The van der Waals surface area contributed by atoms with Crippen LogP contribution in [0.5, 0.6) is 5.75 Å². The molecule has 1 amide bonds. The van der Waals surface area contributed by atoms with Gasteiger partial charge in [-0.05, 0) is 18.9 Å². The summed E-state index contributed by atoms with van der Waals surface area (Å²) < 4.78 is 10.5. The van der Waals surface area contributed by atoms with Crippen LogP contribution in [0.4, 0.5) is 4.79 Å². The summed E-state index contributed by atoms with van der Waals surface area (Å²) >= 11 is 0. The fraction of sp³-hybridized carbons (Fsp3) is 0.500. The maximum atomic E-state index is 11.9. The molecule has 0 spiro atoms. The number of nitrogens with two attached hydrogens (primary N) is 1. The van der Waals surface area contributed by atoms with Gasteiger partial charge in [-0.3, -0.25) is 0 Å². The van der Waals surface area contributed by atoms with Crippen molar-refractivity contribution >= 4 is 6.09 Å². The number of methoxy groups -OCH3 is 1. The number of ether oxygens (including phenoxy) is 2. The summed E-state index contributed by atoms with van der Waals surface area (Å²) in [5, 5.41) is 0. The maximum Gasteiger partial charge on any atom is 0.410 e. The minimum atomic E-state index is -0.280. The first kappa shape index (κ1) is 13.7. The van der Waals surface area contributed by atoms with E-state index in [4.69, 9.17) is 15.2 Å². The summed E-state index contributed by atoms with van der Waals surface area (Å²) in [4.78, 5) is 13.6. The lowest BCUT2D eigenvalue weighted by molar-refractivity contribution is 0.0867. The summed E-state index contributed by atoms with van der Waals surface area (Å²) in [5.74, 6) is 0.732. The van der Waals surface area contributed by atoms with Crippen molar-refractivity contribution in [3.05, 3.63) is 29.8 Å². The molecule has 0 radical (unpaired) electrons. The second-order valence-electron chi connectivity index (χ2n) is 4.69. The van der Waals surface area contributed by atoms with Crippen molar-refractivity contribution in [1.29, 1.82) is 0 Å². The van der Waals surface area contributed by atoms with Crippen LogP contribution >= 0.6 is 0 Å². The van der Waals surface area contributed by atoms with E-state index in [1.54, 1.807) is 12.0 Å². The number of rotatable bonds is 3. The number of nitrogens with zero attached hydrogens (tertiary/aromatic N) is 1. The maximum absolute atomic E-state index is 11.9. The van der Waals surface area contributed by atoms with E-state index >= 15 is 0 Å². The molecule has 5 nitrogen and oxygen atoms in total. The molecule has 0 saturated carbocycles. The van der Waals surface area contributed by atoms with Crippen molar-refractivity contribution in [2.75, 3.05) is 20.2 Å². The van der Waals surface area contributed by atoms with Gasteiger partial charge in [-0.15, -0.1) is 0 Å². The van der Waals surface area contributed by atoms with E-state index in [2.05, 4.69) is 0 Å². The molecule has 1 aliphatic heterocycles. The zero-order valence-electron chi connectivity index (χ0n) is 11.2. The van der Waals surface area contributed by atoms with Gasteiger partial charge in [0, 0.05) is 24.7 Å².